The Bertz CT molecular complexity index is 1870. The molecule has 10 heteroatoms. The second-order valence-electron chi connectivity index (χ2n) is 12.8. The van der Waals surface area contributed by atoms with Crippen molar-refractivity contribution >= 4 is 27.6 Å². The van der Waals surface area contributed by atoms with Gasteiger partial charge in [0.05, 0.1) is 22.9 Å². The molecule has 2 unspecified atom stereocenters. The molecule has 4 aliphatic heterocycles. The van der Waals surface area contributed by atoms with Gasteiger partial charge < -0.3 is 24.6 Å². The summed E-state index contributed by atoms with van der Waals surface area (Å²) in [5.41, 5.74) is 2.36. The Labute approximate surface area is 255 Å². The average molecular weight is 592 g/mol. The van der Waals surface area contributed by atoms with Gasteiger partial charge in [0.15, 0.2) is 11.3 Å². The van der Waals surface area contributed by atoms with Crippen LogP contribution < -0.4 is 15.0 Å². The Hall–Kier alpha value is -4.38. The molecule has 4 fully saturated rings. The van der Waals surface area contributed by atoms with Crippen molar-refractivity contribution in [2.45, 2.75) is 62.7 Å². The highest BCUT2D eigenvalue weighted by atomic mass is 19.1. The highest BCUT2D eigenvalue weighted by molar-refractivity contribution is 5.93. The van der Waals surface area contributed by atoms with Crippen LogP contribution in [0.3, 0.4) is 0 Å². The van der Waals surface area contributed by atoms with Gasteiger partial charge in [-0.2, -0.15) is 10.2 Å². The quantitative estimate of drug-likeness (QED) is 0.321. The molecular weight excluding hydrogens is 557 g/mol. The fraction of sp³-hybridized carbons (Fsp3) is 0.441. The number of terminal acetylenes is 1. The van der Waals surface area contributed by atoms with E-state index in [2.05, 4.69) is 27.1 Å². The molecule has 2 atom stereocenters. The zero-order chi connectivity index (χ0) is 30.0. The number of phenolic OH excluding ortho intramolecular Hbond substituents is 1. The molecule has 224 valence electrons. The molecule has 0 amide bonds. The van der Waals surface area contributed by atoms with E-state index < -0.39 is 5.82 Å². The number of piperazine rings is 1. The number of nitrogens with zero attached hydrogens (tertiary/aromatic N) is 6. The van der Waals surface area contributed by atoms with Gasteiger partial charge in [-0.05, 0) is 80.8 Å². The van der Waals surface area contributed by atoms with Gasteiger partial charge in [0.1, 0.15) is 29.8 Å². The lowest BCUT2D eigenvalue weighted by Gasteiger charge is -2.35. The number of hydrogen-bond donors (Lipinski definition) is 2. The molecule has 4 aliphatic rings. The SMILES string of the molecule is C#Cc1c(F)ccc2cc(O)cc(Cn3cnc4c(OCC56CCCN5CCC6)nc(N5CC6CCC(C5)N6)c(C#N)c43)c12. The van der Waals surface area contributed by atoms with Gasteiger partial charge in [0.25, 0.3) is 0 Å². The number of imidazole rings is 1. The third-order valence-electron chi connectivity index (χ3n) is 10.2. The van der Waals surface area contributed by atoms with Crippen LogP contribution in [-0.2, 0) is 6.54 Å². The van der Waals surface area contributed by atoms with Gasteiger partial charge in [-0.3, -0.25) is 4.90 Å². The first-order valence-electron chi connectivity index (χ1n) is 15.5. The van der Waals surface area contributed by atoms with Gasteiger partial charge in [-0.1, -0.05) is 12.0 Å². The molecule has 0 spiro atoms. The van der Waals surface area contributed by atoms with Crippen LogP contribution in [0.4, 0.5) is 10.2 Å². The molecule has 0 aliphatic carbocycles. The Morgan fingerprint density at radius 3 is 2.64 bits per heavy atom. The van der Waals surface area contributed by atoms with Crippen molar-refractivity contribution in [3.8, 4) is 30.0 Å². The maximum atomic E-state index is 14.8. The van der Waals surface area contributed by atoms with Gasteiger partial charge in [-0.25, -0.2) is 9.37 Å². The van der Waals surface area contributed by atoms with Crippen molar-refractivity contribution in [1.82, 2.24) is 24.8 Å². The molecule has 8 rings (SSSR count). The number of aromatic hydroxyl groups is 1. The van der Waals surface area contributed by atoms with Crippen molar-refractivity contribution in [3.63, 3.8) is 0 Å². The summed E-state index contributed by atoms with van der Waals surface area (Å²) in [7, 11) is 0. The minimum Gasteiger partial charge on any atom is -0.508 e. The van der Waals surface area contributed by atoms with Crippen molar-refractivity contribution in [2.75, 3.05) is 37.7 Å². The van der Waals surface area contributed by atoms with E-state index in [4.69, 9.17) is 21.1 Å². The molecule has 2 aromatic carbocycles. The zero-order valence-electron chi connectivity index (χ0n) is 24.5. The highest BCUT2D eigenvalue weighted by Gasteiger charge is 2.45. The lowest BCUT2D eigenvalue weighted by atomic mass is 9.95. The monoisotopic (exact) mass is 591 g/mol. The number of fused-ring (bicyclic) bond motifs is 5. The Morgan fingerprint density at radius 1 is 1.14 bits per heavy atom. The minimum atomic E-state index is -0.497. The fourth-order valence-corrected chi connectivity index (χ4v) is 8.26. The molecule has 0 saturated carbocycles. The summed E-state index contributed by atoms with van der Waals surface area (Å²) in [5, 5.41) is 26.1. The number of pyridine rings is 1. The zero-order valence-corrected chi connectivity index (χ0v) is 24.5. The van der Waals surface area contributed by atoms with Crippen molar-refractivity contribution in [1.29, 1.82) is 5.26 Å². The van der Waals surface area contributed by atoms with E-state index in [1.165, 1.54) is 18.9 Å². The number of anilines is 1. The number of rotatable bonds is 6. The molecule has 2 N–H and O–H groups in total. The second-order valence-corrected chi connectivity index (χ2v) is 12.8. The van der Waals surface area contributed by atoms with Gasteiger partial charge in [0, 0.05) is 37.1 Å². The maximum absolute atomic E-state index is 14.8. The second kappa shape index (κ2) is 10.4. The van der Waals surface area contributed by atoms with Crippen LogP contribution >= 0.6 is 0 Å². The Morgan fingerprint density at radius 2 is 1.91 bits per heavy atom. The van der Waals surface area contributed by atoms with E-state index in [0.29, 0.717) is 63.3 Å². The molecule has 0 radical (unpaired) electrons. The first kappa shape index (κ1) is 27.2. The van der Waals surface area contributed by atoms with Crippen molar-refractivity contribution < 1.29 is 14.2 Å². The molecule has 6 heterocycles. The summed E-state index contributed by atoms with van der Waals surface area (Å²) < 4.78 is 23.3. The molecule has 4 aromatic rings. The summed E-state index contributed by atoms with van der Waals surface area (Å²) in [6.07, 6.45) is 14.2. The van der Waals surface area contributed by atoms with Crippen LogP contribution in [-0.4, -0.2) is 75.0 Å². The first-order valence-corrected chi connectivity index (χ1v) is 15.5. The molecule has 2 aromatic heterocycles. The number of ether oxygens (including phenoxy) is 1. The fourth-order valence-electron chi connectivity index (χ4n) is 8.26. The molecule has 4 saturated heterocycles. The van der Waals surface area contributed by atoms with Crippen LogP contribution in [0.1, 0.15) is 55.2 Å². The van der Waals surface area contributed by atoms with Crippen molar-refractivity contribution in [3.05, 3.63) is 53.1 Å². The number of benzene rings is 2. The number of nitriles is 1. The predicted octanol–water partition coefficient (Wildman–Crippen LogP) is 4.28. The number of phenols is 1. The van der Waals surface area contributed by atoms with E-state index in [0.717, 1.165) is 51.9 Å². The molecule has 9 nitrogen and oxygen atoms in total. The average Bonchev–Trinajstić information content (AvgIpc) is 3.79. The molecule has 44 heavy (non-hydrogen) atoms. The van der Waals surface area contributed by atoms with Crippen LogP contribution in [0.2, 0.25) is 0 Å². The normalized spacial score (nSPS) is 22.4. The van der Waals surface area contributed by atoms with E-state index in [-0.39, 0.29) is 23.4 Å². The maximum Gasteiger partial charge on any atom is 0.244 e. The molecular formula is C34H34FN7O2. The van der Waals surface area contributed by atoms with Crippen LogP contribution in [0.25, 0.3) is 21.8 Å². The summed E-state index contributed by atoms with van der Waals surface area (Å²) in [4.78, 5) is 14.5. The van der Waals surface area contributed by atoms with E-state index in [1.54, 1.807) is 24.5 Å². The van der Waals surface area contributed by atoms with E-state index in [1.807, 2.05) is 4.57 Å². The van der Waals surface area contributed by atoms with E-state index >= 15 is 0 Å². The number of nitrogens with one attached hydrogen (secondary N) is 1. The standard InChI is InChI=1S/C34H34FN7O2/c1-2-26-28(35)8-5-21-13-25(43)14-22(29(21)26)16-41-20-37-30-31(41)27(15-36)32(40-17-23-6-7-24(18-40)38-23)39-33(30)44-19-34-9-3-11-42(34)12-4-10-34/h1,5,8,13-14,20,23-24,38,43H,3-4,6-7,9-12,16-19H2. The predicted molar refractivity (Wildman–Crippen MR) is 165 cm³/mol. The first-order chi connectivity index (χ1) is 21.5. The summed E-state index contributed by atoms with van der Waals surface area (Å²) >= 11 is 0. The highest BCUT2D eigenvalue weighted by Crippen LogP contribution is 2.41. The van der Waals surface area contributed by atoms with E-state index in [9.17, 15) is 14.8 Å². The Kier molecular flexibility index (Phi) is 6.40. The van der Waals surface area contributed by atoms with Crippen LogP contribution in [0.5, 0.6) is 11.6 Å². The number of halogens is 1. The summed E-state index contributed by atoms with van der Waals surface area (Å²) in [5.74, 6) is 3.09. The summed E-state index contributed by atoms with van der Waals surface area (Å²) in [6, 6.07) is 9.26. The van der Waals surface area contributed by atoms with Crippen molar-refractivity contribution in [2.24, 2.45) is 0 Å². The topological polar surface area (TPSA) is 102 Å². The van der Waals surface area contributed by atoms with Gasteiger partial charge >= 0.3 is 0 Å². The Balaban J connectivity index is 1.27. The smallest absolute Gasteiger partial charge is 0.244 e. The van der Waals surface area contributed by atoms with Gasteiger partial charge in [-0.15, -0.1) is 6.42 Å². The molecule has 2 bridgehead atoms. The number of aromatic nitrogens is 3. The third-order valence-corrected chi connectivity index (χ3v) is 10.2. The number of hydrogen-bond acceptors (Lipinski definition) is 8. The lowest BCUT2D eigenvalue weighted by molar-refractivity contribution is 0.112. The minimum absolute atomic E-state index is 0.0228. The third kappa shape index (κ3) is 4.28. The lowest BCUT2D eigenvalue weighted by Crippen LogP contribution is -2.51. The largest absolute Gasteiger partial charge is 0.508 e. The van der Waals surface area contributed by atoms with Crippen LogP contribution in [0.15, 0.2) is 30.6 Å². The summed E-state index contributed by atoms with van der Waals surface area (Å²) in [6.45, 7) is 4.46. The van der Waals surface area contributed by atoms with Crippen LogP contribution in [0, 0.1) is 29.5 Å². The van der Waals surface area contributed by atoms with Gasteiger partial charge in [0.2, 0.25) is 5.88 Å².